The average molecular weight is 200 g/mol. The van der Waals surface area contributed by atoms with Crippen LogP contribution in [0.4, 0.5) is 0 Å². The molecule has 1 aromatic carbocycles. The summed E-state index contributed by atoms with van der Waals surface area (Å²) < 4.78 is 0. The third-order valence-corrected chi connectivity index (χ3v) is 2.71. The van der Waals surface area contributed by atoms with E-state index in [2.05, 4.69) is 69.3 Å². The molecule has 1 aromatic rings. The van der Waals surface area contributed by atoms with Crippen molar-refractivity contribution in [2.75, 3.05) is 0 Å². The minimum absolute atomic E-state index is 0.507. The molecular formula is C15H20. The molecule has 80 valence electrons. The van der Waals surface area contributed by atoms with Gasteiger partial charge in [-0.05, 0) is 18.9 Å². The Morgan fingerprint density at radius 2 is 1.93 bits per heavy atom. The van der Waals surface area contributed by atoms with Gasteiger partial charge in [0.1, 0.15) is 0 Å². The van der Waals surface area contributed by atoms with Crippen molar-refractivity contribution in [3.05, 3.63) is 59.7 Å². The molecule has 0 nitrogen and oxygen atoms in total. The number of rotatable bonds is 4. The molecule has 1 unspecified atom stereocenters. The maximum absolute atomic E-state index is 2.25. The largest absolute Gasteiger partial charge is 0.0848 e. The first-order valence-electron chi connectivity index (χ1n) is 5.64. The predicted octanol–water partition coefficient (Wildman–Crippen LogP) is 4.70. The summed E-state index contributed by atoms with van der Waals surface area (Å²) in [6.07, 6.45) is 7.64. The molecule has 0 heteroatoms. The molecule has 0 radical (unpaired) electrons. The highest BCUT2D eigenvalue weighted by Gasteiger charge is 2.04. The molecule has 0 aliphatic heterocycles. The Hall–Kier alpha value is -1.30. The molecule has 15 heavy (non-hydrogen) atoms. The van der Waals surface area contributed by atoms with Crippen LogP contribution in [0.25, 0.3) is 0 Å². The van der Waals surface area contributed by atoms with Crippen molar-refractivity contribution >= 4 is 0 Å². The standard InChI is InChI=1S/C15H20/c1-4-5-7-10-13(2)14(3)15-11-8-6-9-12-15/h5-12,14H,4H2,1-3H3/b7-5-,13-10+. The van der Waals surface area contributed by atoms with Crippen molar-refractivity contribution in [1.82, 2.24) is 0 Å². The van der Waals surface area contributed by atoms with Gasteiger partial charge in [0, 0.05) is 5.92 Å². The first kappa shape index (κ1) is 11.8. The van der Waals surface area contributed by atoms with E-state index in [9.17, 15) is 0 Å². The summed E-state index contributed by atoms with van der Waals surface area (Å²) in [5, 5.41) is 0. The van der Waals surface area contributed by atoms with E-state index in [4.69, 9.17) is 0 Å². The lowest BCUT2D eigenvalue weighted by molar-refractivity contribution is 0.894. The average Bonchev–Trinajstić information content (AvgIpc) is 2.29. The van der Waals surface area contributed by atoms with Crippen LogP contribution in [0.3, 0.4) is 0 Å². The van der Waals surface area contributed by atoms with Gasteiger partial charge in [-0.25, -0.2) is 0 Å². The fourth-order valence-electron chi connectivity index (χ4n) is 1.50. The van der Waals surface area contributed by atoms with Crippen LogP contribution in [0.2, 0.25) is 0 Å². The van der Waals surface area contributed by atoms with E-state index in [-0.39, 0.29) is 0 Å². The molecule has 0 bridgehead atoms. The Bertz CT molecular complexity index is 330. The predicted molar refractivity (Wildman–Crippen MR) is 68.0 cm³/mol. The van der Waals surface area contributed by atoms with Crippen LogP contribution in [0.15, 0.2) is 54.1 Å². The molecule has 1 atom stereocenters. The van der Waals surface area contributed by atoms with Crippen molar-refractivity contribution in [3.63, 3.8) is 0 Å². The van der Waals surface area contributed by atoms with Crippen molar-refractivity contribution < 1.29 is 0 Å². The zero-order valence-corrected chi connectivity index (χ0v) is 9.90. The number of benzene rings is 1. The Morgan fingerprint density at radius 1 is 1.27 bits per heavy atom. The zero-order chi connectivity index (χ0) is 11.1. The molecule has 0 fully saturated rings. The molecule has 0 saturated carbocycles. The molecule has 0 spiro atoms. The first-order chi connectivity index (χ1) is 7.25. The summed E-state index contributed by atoms with van der Waals surface area (Å²) in [4.78, 5) is 0. The molecule has 0 aliphatic carbocycles. The summed E-state index contributed by atoms with van der Waals surface area (Å²) >= 11 is 0. The zero-order valence-electron chi connectivity index (χ0n) is 9.90. The fourth-order valence-corrected chi connectivity index (χ4v) is 1.50. The van der Waals surface area contributed by atoms with Crippen molar-refractivity contribution in [2.24, 2.45) is 0 Å². The highest BCUT2D eigenvalue weighted by atomic mass is 14.1. The van der Waals surface area contributed by atoms with Gasteiger partial charge in [-0.2, -0.15) is 0 Å². The van der Waals surface area contributed by atoms with Crippen LogP contribution in [0.5, 0.6) is 0 Å². The lowest BCUT2D eigenvalue weighted by Gasteiger charge is -2.11. The van der Waals surface area contributed by atoms with Crippen LogP contribution in [0, 0.1) is 0 Å². The van der Waals surface area contributed by atoms with Crippen LogP contribution >= 0.6 is 0 Å². The smallest absolute Gasteiger partial charge is 0.00201 e. The second-order valence-electron chi connectivity index (χ2n) is 3.88. The summed E-state index contributed by atoms with van der Waals surface area (Å²) in [5.74, 6) is 0.507. The number of hydrogen-bond donors (Lipinski definition) is 0. The van der Waals surface area contributed by atoms with Crippen LogP contribution in [-0.2, 0) is 0 Å². The molecule has 0 aliphatic rings. The molecule has 1 rings (SSSR count). The minimum Gasteiger partial charge on any atom is -0.0848 e. The van der Waals surface area contributed by atoms with Gasteiger partial charge >= 0.3 is 0 Å². The Kier molecular flexibility index (Phi) is 4.89. The van der Waals surface area contributed by atoms with Crippen molar-refractivity contribution in [1.29, 1.82) is 0 Å². The van der Waals surface area contributed by atoms with E-state index in [1.165, 1.54) is 11.1 Å². The third-order valence-electron chi connectivity index (χ3n) is 2.71. The molecule has 0 amide bonds. The van der Waals surface area contributed by atoms with E-state index < -0.39 is 0 Å². The highest BCUT2D eigenvalue weighted by Crippen LogP contribution is 2.22. The number of hydrogen-bond acceptors (Lipinski definition) is 0. The lowest BCUT2D eigenvalue weighted by atomic mass is 9.94. The van der Waals surface area contributed by atoms with Crippen molar-refractivity contribution in [2.45, 2.75) is 33.1 Å². The Labute approximate surface area is 93.3 Å². The van der Waals surface area contributed by atoms with Gasteiger partial charge in [-0.15, -0.1) is 0 Å². The monoisotopic (exact) mass is 200 g/mol. The summed E-state index contributed by atoms with van der Waals surface area (Å²) in [7, 11) is 0. The maximum atomic E-state index is 2.25. The summed E-state index contributed by atoms with van der Waals surface area (Å²) in [6.45, 7) is 6.60. The number of allylic oxidation sites excluding steroid dienone is 4. The second-order valence-corrected chi connectivity index (χ2v) is 3.88. The van der Waals surface area contributed by atoms with E-state index in [1.54, 1.807) is 0 Å². The second kappa shape index (κ2) is 6.23. The van der Waals surface area contributed by atoms with E-state index in [1.807, 2.05) is 0 Å². The highest BCUT2D eigenvalue weighted by molar-refractivity contribution is 5.28. The van der Waals surface area contributed by atoms with Crippen LogP contribution < -0.4 is 0 Å². The van der Waals surface area contributed by atoms with Gasteiger partial charge in [-0.3, -0.25) is 0 Å². The third kappa shape index (κ3) is 3.75. The van der Waals surface area contributed by atoms with E-state index in [0.717, 1.165) is 6.42 Å². The van der Waals surface area contributed by atoms with E-state index in [0.29, 0.717) is 5.92 Å². The molecule has 0 heterocycles. The van der Waals surface area contributed by atoms with Gasteiger partial charge in [0.25, 0.3) is 0 Å². The van der Waals surface area contributed by atoms with E-state index >= 15 is 0 Å². The normalized spacial score (nSPS) is 14.5. The van der Waals surface area contributed by atoms with Crippen LogP contribution in [0.1, 0.15) is 38.7 Å². The molecule has 0 saturated heterocycles. The van der Waals surface area contributed by atoms with Crippen LogP contribution in [-0.4, -0.2) is 0 Å². The Balaban J connectivity index is 2.72. The van der Waals surface area contributed by atoms with Gasteiger partial charge in [-0.1, -0.05) is 68.0 Å². The lowest BCUT2D eigenvalue weighted by Crippen LogP contribution is -1.94. The molecule has 0 N–H and O–H groups in total. The van der Waals surface area contributed by atoms with Gasteiger partial charge < -0.3 is 0 Å². The van der Waals surface area contributed by atoms with Gasteiger partial charge in [0.15, 0.2) is 0 Å². The van der Waals surface area contributed by atoms with Gasteiger partial charge in [0.2, 0.25) is 0 Å². The topological polar surface area (TPSA) is 0 Å². The molecular weight excluding hydrogens is 180 g/mol. The first-order valence-corrected chi connectivity index (χ1v) is 5.64. The summed E-state index contributed by atoms with van der Waals surface area (Å²) in [6, 6.07) is 10.6. The maximum Gasteiger partial charge on any atom is 0.00201 e. The summed E-state index contributed by atoms with van der Waals surface area (Å²) in [5.41, 5.74) is 2.79. The quantitative estimate of drug-likeness (QED) is 0.618. The minimum atomic E-state index is 0.507. The molecule has 0 aromatic heterocycles. The fraction of sp³-hybridized carbons (Fsp3) is 0.333. The van der Waals surface area contributed by atoms with Crippen molar-refractivity contribution in [3.8, 4) is 0 Å². The Morgan fingerprint density at radius 3 is 2.53 bits per heavy atom. The SMILES string of the molecule is CC/C=C\C=C(/C)C(C)c1ccccc1. The van der Waals surface area contributed by atoms with Gasteiger partial charge in [0.05, 0.1) is 0 Å².